The quantitative estimate of drug-likeness (QED) is 0.411. The Kier molecular flexibility index (Phi) is 0.232. The highest BCUT2D eigenvalue weighted by Crippen LogP contribution is 2.06. The second kappa shape index (κ2) is 0.432. The monoisotopic (exact) mass is 73.0 g/mol. The highest BCUT2D eigenvalue weighted by molar-refractivity contribution is 7.78. The molecule has 0 bridgehead atoms. The van der Waals surface area contributed by atoms with Gasteiger partial charge in [0.15, 0.2) is 0 Å². The number of hydrogen-bond donors (Lipinski definition) is 1. The molecule has 1 aliphatic rings. The third-order valence-electron chi connectivity index (χ3n) is 0.282. The standard InChI is InChI=1S/C2H3NS/c4-3-1-2-3/h1-2,4H. The van der Waals surface area contributed by atoms with Crippen LogP contribution >= 0.6 is 12.8 Å². The summed E-state index contributed by atoms with van der Waals surface area (Å²) in [5.41, 5.74) is 0. The van der Waals surface area contributed by atoms with E-state index >= 15 is 0 Å². The summed E-state index contributed by atoms with van der Waals surface area (Å²) in [6.45, 7) is 0. The van der Waals surface area contributed by atoms with Crippen molar-refractivity contribution in [1.82, 2.24) is 4.31 Å². The summed E-state index contributed by atoms with van der Waals surface area (Å²) in [6, 6.07) is 0. The molecule has 1 aliphatic heterocycles. The van der Waals surface area contributed by atoms with Gasteiger partial charge in [0.05, 0.1) is 0 Å². The van der Waals surface area contributed by atoms with Crippen LogP contribution in [0.15, 0.2) is 12.4 Å². The van der Waals surface area contributed by atoms with Crippen molar-refractivity contribution in [3.8, 4) is 0 Å². The van der Waals surface area contributed by atoms with Gasteiger partial charge < -0.3 is 0 Å². The van der Waals surface area contributed by atoms with Gasteiger partial charge in [-0.1, -0.05) is 12.8 Å². The van der Waals surface area contributed by atoms with Gasteiger partial charge in [0.1, 0.15) is 0 Å². The van der Waals surface area contributed by atoms with E-state index in [-0.39, 0.29) is 0 Å². The molecule has 0 aliphatic carbocycles. The second-order valence-electron chi connectivity index (χ2n) is 0.678. The van der Waals surface area contributed by atoms with E-state index in [4.69, 9.17) is 0 Å². The molecule has 1 rings (SSSR count). The summed E-state index contributed by atoms with van der Waals surface area (Å²) >= 11 is 3.80. The van der Waals surface area contributed by atoms with Crippen LogP contribution in [0.1, 0.15) is 0 Å². The summed E-state index contributed by atoms with van der Waals surface area (Å²) < 4.78 is 1.69. The Labute approximate surface area is 30.5 Å². The van der Waals surface area contributed by atoms with Crippen LogP contribution in [0.25, 0.3) is 0 Å². The van der Waals surface area contributed by atoms with Crippen molar-refractivity contribution >= 4 is 12.8 Å². The molecule has 0 aromatic rings. The van der Waals surface area contributed by atoms with Gasteiger partial charge in [0.25, 0.3) is 0 Å². The topological polar surface area (TPSA) is 3.01 Å². The van der Waals surface area contributed by atoms with Crippen LogP contribution in [0.3, 0.4) is 0 Å². The number of hydrogen-bond acceptors (Lipinski definition) is 2. The van der Waals surface area contributed by atoms with Gasteiger partial charge in [-0.15, -0.1) is 0 Å². The van der Waals surface area contributed by atoms with Crippen LogP contribution in [0.5, 0.6) is 0 Å². The van der Waals surface area contributed by atoms with E-state index in [2.05, 4.69) is 12.8 Å². The Hall–Kier alpha value is -0.110. The molecular formula is C2H3NS. The minimum Gasteiger partial charge on any atom is -0.299 e. The van der Waals surface area contributed by atoms with E-state index in [1.807, 2.05) is 12.4 Å². The molecular weight excluding hydrogens is 70.1 g/mol. The van der Waals surface area contributed by atoms with Crippen LogP contribution < -0.4 is 0 Å². The molecule has 4 heavy (non-hydrogen) atoms. The van der Waals surface area contributed by atoms with E-state index in [0.717, 1.165) is 0 Å². The zero-order valence-corrected chi connectivity index (χ0v) is 2.94. The molecule has 0 radical (unpaired) electrons. The van der Waals surface area contributed by atoms with Crippen molar-refractivity contribution < 1.29 is 0 Å². The molecule has 0 atom stereocenters. The van der Waals surface area contributed by atoms with Crippen LogP contribution in [0.4, 0.5) is 0 Å². The van der Waals surface area contributed by atoms with Crippen molar-refractivity contribution in [2.45, 2.75) is 0 Å². The minimum atomic E-state index is 1.69. The maximum absolute atomic E-state index is 3.80. The number of nitrogens with zero attached hydrogens (tertiary/aromatic N) is 1. The van der Waals surface area contributed by atoms with Crippen molar-refractivity contribution in [1.29, 1.82) is 0 Å². The molecule has 0 saturated heterocycles. The fraction of sp³-hybridized carbons (Fsp3) is 0. The Morgan fingerprint density at radius 2 is 1.75 bits per heavy atom. The molecule has 0 aromatic heterocycles. The Morgan fingerprint density at radius 1 is 1.50 bits per heavy atom. The van der Waals surface area contributed by atoms with Gasteiger partial charge >= 0.3 is 0 Å². The number of rotatable bonds is 0. The normalized spacial score (nSPS) is 17.8. The second-order valence-corrected chi connectivity index (χ2v) is 1.14. The van der Waals surface area contributed by atoms with Gasteiger partial charge in [-0.05, 0) is 0 Å². The maximum Gasteiger partial charge on any atom is 0.0327 e. The number of thiol groups is 1. The molecule has 22 valence electrons. The van der Waals surface area contributed by atoms with Crippen LogP contribution in [0.2, 0.25) is 0 Å². The Bertz CT molecular complexity index is 44.0. The van der Waals surface area contributed by atoms with Crippen molar-refractivity contribution in [3.63, 3.8) is 0 Å². The molecule has 1 heterocycles. The predicted molar refractivity (Wildman–Crippen MR) is 20.0 cm³/mol. The molecule has 1 nitrogen and oxygen atoms in total. The maximum atomic E-state index is 3.80. The molecule has 0 saturated carbocycles. The molecule has 0 spiro atoms. The first-order valence-electron chi connectivity index (χ1n) is 1.05. The fourth-order valence-electron chi connectivity index (χ4n) is 0.0298. The molecule has 0 amide bonds. The molecule has 0 unspecified atom stereocenters. The van der Waals surface area contributed by atoms with Crippen LogP contribution in [-0.2, 0) is 0 Å². The summed E-state index contributed by atoms with van der Waals surface area (Å²) in [6.07, 6.45) is 3.73. The third kappa shape index (κ3) is 0.179. The first-order valence-corrected chi connectivity index (χ1v) is 1.45. The lowest BCUT2D eigenvalue weighted by atomic mass is 11.3. The van der Waals surface area contributed by atoms with Gasteiger partial charge in [-0.2, -0.15) is 0 Å². The lowest BCUT2D eigenvalue weighted by Gasteiger charge is -1.72. The summed E-state index contributed by atoms with van der Waals surface area (Å²) in [5.74, 6) is 0. The molecule has 0 aromatic carbocycles. The van der Waals surface area contributed by atoms with Crippen molar-refractivity contribution in [2.24, 2.45) is 0 Å². The first-order chi connectivity index (χ1) is 1.89. The van der Waals surface area contributed by atoms with Gasteiger partial charge in [0, 0.05) is 12.4 Å². The van der Waals surface area contributed by atoms with Gasteiger partial charge in [-0.3, -0.25) is 4.31 Å². The van der Waals surface area contributed by atoms with E-state index in [9.17, 15) is 0 Å². The zero-order chi connectivity index (χ0) is 2.99. The van der Waals surface area contributed by atoms with E-state index in [1.165, 1.54) is 0 Å². The Morgan fingerprint density at radius 3 is 1.75 bits per heavy atom. The lowest BCUT2D eigenvalue weighted by molar-refractivity contribution is 1.05. The molecule has 0 N–H and O–H groups in total. The van der Waals surface area contributed by atoms with Crippen molar-refractivity contribution in [2.75, 3.05) is 0 Å². The van der Waals surface area contributed by atoms with Crippen LogP contribution in [-0.4, -0.2) is 4.31 Å². The fourth-order valence-corrected chi connectivity index (χ4v) is 0.0894. The summed E-state index contributed by atoms with van der Waals surface area (Å²) in [4.78, 5) is 0. The average Bonchev–Trinajstić information content (AvgIpc) is 1.75. The lowest BCUT2D eigenvalue weighted by Crippen LogP contribution is -1.58. The predicted octanol–water partition coefficient (Wildman–Crippen LogP) is 0.618. The van der Waals surface area contributed by atoms with Crippen LogP contribution in [0, 0.1) is 0 Å². The van der Waals surface area contributed by atoms with E-state index in [1.54, 1.807) is 4.31 Å². The SMILES string of the molecule is SN1C=C1. The molecule has 0 fully saturated rings. The highest BCUT2D eigenvalue weighted by Gasteiger charge is 1.91. The van der Waals surface area contributed by atoms with E-state index < -0.39 is 0 Å². The Balaban J connectivity index is 2.32. The van der Waals surface area contributed by atoms with Crippen molar-refractivity contribution in [3.05, 3.63) is 12.4 Å². The zero-order valence-electron chi connectivity index (χ0n) is 2.05. The largest absolute Gasteiger partial charge is 0.299 e. The van der Waals surface area contributed by atoms with Gasteiger partial charge in [-0.25, -0.2) is 0 Å². The van der Waals surface area contributed by atoms with Gasteiger partial charge in [0.2, 0.25) is 0 Å². The third-order valence-corrected chi connectivity index (χ3v) is 0.549. The summed E-state index contributed by atoms with van der Waals surface area (Å²) in [7, 11) is 0. The first kappa shape index (κ1) is 2.15. The smallest absolute Gasteiger partial charge is 0.0327 e. The highest BCUT2D eigenvalue weighted by atomic mass is 32.1. The molecule has 2 heteroatoms. The average molecular weight is 73.1 g/mol. The summed E-state index contributed by atoms with van der Waals surface area (Å²) in [5, 5.41) is 0. The minimum absolute atomic E-state index is 1.69. The van der Waals surface area contributed by atoms with E-state index in [0.29, 0.717) is 0 Å².